The summed E-state index contributed by atoms with van der Waals surface area (Å²) in [4.78, 5) is 12.8. The molecule has 0 unspecified atom stereocenters. The van der Waals surface area contributed by atoms with Gasteiger partial charge in [0, 0.05) is 11.9 Å². The summed E-state index contributed by atoms with van der Waals surface area (Å²) >= 11 is 12.1. The number of aromatic nitrogens is 2. The number of fused-ring (bicyclic) bond motifs is 1. The van der Waals surface area contributed by atoms with Gasteiger partial charge in [0.1, 0.15) is 0 Å². The first kappa shape index (κ1) is 18.5. The zero-order valence-corrected chi connectivity index (χ0v) is 16.6. The van der Waals surface area contributed by atoms with Gasteiger partial charge in [-0.3, -0.25) is 4.79 Å². The van der Waals surface area contributed by atoms with Crippen molar-refractivity contribution in [2.75, 3.05) is 0 Å². The van der Waals surface area contributed by atoms with Crippen LogP contribution in [0.4, 0.5) is 0 Å². The molecule has 0 aliphatic carbocycles. The molecule has 0 fully saturated rings. The van der Waals surface area contributed by atoms with Gasteiger partial charge in [-0.05, 0) is 42.8 Å². The van der Waals surface area contributed by atoms with E-state index in [1.54, 1.807) is 29.1 Å². The van der Waals surface area contributed by atoms with E-state index in [1.807, 2.05) is 43.3 Å². The predicted octanol–water partition coefficient (Wildman–Crippen LogP) is 5.57. The lowest BCUT2D eigenvalue weighted by Crippen LogP contribution is -2.23. The van der Waals surface area contributed by atoms with Crippen LogP contribution in [0.3, 0.4) is 0 Å². The van der Waals surface area contributed by atoms with Crippen LogP contribution in [0.5, 0.6) is 0 Å². The molecule has 4 rings (SSSR count). The number of halogens is 2. The maximum atomic E-state index is 12.8. The molecule has 28 heavy (non-hydrogen) atoms. The van der Waals surface area contributed by atoms with Gasteiger partial charge < -0.3 is 5.32 Å². The summed E-state index contributed by atoms with van der Waals surface area (Å²) in [6.45, 7) is 2.50. The number of carbonyl (C=O) groups is 1. The van der Waals surface area contributed by atoms with Crippen molar-refractivity contribution < 1.29 is 4.79 Å². The van der Waals surface area contributed by atoms with Gasteiger partial charge >= 0.3 is 0 Å². The van der Waals surface area contributed by atoms with E-state index in [0.29, 0.717) is 22.2 Å². The van der Waals surface area contributed by atoms with Crippen molar-refractivity contribution >= 4 is 40.0 Å². The fourth-order valence-corrected chi connectivity index (χ4v) is 3.46. The van der Waals surface area contributed by atoms with E-state index in [9.17, 15) is 4.79 Å². The maximum Gasteiger partial charge on any atom is 0.252 e. The molecule has 140 valence electrons. The summed E-state index contributed by atoms with van der Waals surface area (Å²) in [6, 6.07) is 19.0. The molecule has 0 aliphatic heterocycles. The fraction of sp³-hybridized carbons (Fsp3) is 0.0909. The Labute approximate surface area is 172 Å². The van der Waals surface area contributed by atoms with Crippen molar-refractivity contribution in [2.24, 2.45) is 0 Å². The second kappa shape index (κ2) is 7.66. The Bertz CT molecular complexity index is 1180. The Hall–Kier alpha value is -2.82. The van der Waals surface area contributed by atoms with Crippen LogP contribution in [-0.2, 0) is 6.54 Å². The van der Waals surface area contributed by atoms with Crippen LogP contribution >= 0.6 is 23.2 Å². The van der Waals surface area contributed by atoms with Gasteiger partial charge in [0.15, 0.2) is 0 Å². The van der Waals surface area contributed by atoms with Gasteiger partial charge in [-0.15, -0.1) is 0 Å². The van der Waals surface area contributed by atoms with Crippen LogP contribution in [0.15, 0.2) is 66.9 Å². The van der Waals surface area contributed by atoms with Crippen LogP contribution in [-0.4, -0.2) is 15.7 Å². The summed E-state index contributed by atoms with van der Waals surface area (Å²) in [6.07, 6.45) is 1.69. The number of hydrogen-bond donors (Lipinski definition) is 1. The molecule has 0 spiro atoms. The Kier molecular flexibility index (Phi) is 5.07. The Morgan fingerprint density at radius 1 is 1.04 bits per heavy atom. The van der Waals surface area contributed by atoms with Crippen LogP contribution < -0.4 is 5.32 Å². The third-order valence-electron chi connectivity index (χ3n) is 4.54. The molecular formula is C22H17Cl2N3O. The molecule has 1 heterocycles. The highest BCUT2D eigenvalue weighted by molar-refractivity contribution is 6.42. The molecule has 4 aromatic rings. The summed E-state index contributed by atoms with van der Waals surface area (Å²) in [7, 11) is 0. The molecule has 3 aromatic carbocycles. The molecule has 0 aliphatic rings. The van der Waals surface area contributed by atoms with Crippen molar-refractivity contribution in [3.63, 3.8) is 0 Å². The lowest BCUT2D eigenvalue weighted by molar-refractivity contribution is 0.0952. The van der Waals surface area contributed by atoms with Crippen molar-refractivity contribution in [3.8, 4) is 5.69 Å². The molecule has 0 saturated carbocycles. The fourth-order valence-electron chi connectivity index (χ4n) is 3.17. The Morgan fingerprint density at radius 3 is 2.64 bits per heavy atom. The van der Waals surface area contributed by atoms with Crippen LogP contribution in [0.1, 0.15) is 21.5 Å². The normalized spacial score (nSPS) is 11.0. The number of benzene rings is 3. The minimum absolute atomic E-state index is 0.138. The average molecular weight is 410 g/mol. The van der Waals surface area contributed by atoms with Crippen LogP contribution in [0.25, 0.3) is 16.6 Å². The zero-order chi connectivity index (χ0) is 19.7. The summed E-state index contributed by atoms with van der Waals surface area (Å²) < 4.78 is 1.74. The molecule has 0 saturated heterocycles. The SMILES string of the molecule is Cc1cccc(CNC(=O)c2cccc3c2cnn3-c2ccc(Cl)c(Cl)c2)c1. The first-order chi connectivity index (χ1) is 13.5. The topological polar surface area (TPSA) is 46.9 Å². The molecule has 1 N–H and O–H groups in total. The van der Waals surface area contributed by atoms with E-state index in [-0.39, 0.29) is 5.91 Å². The lowest BCUT2D eigenvalue weighted by atomic mass is 10.1. The summed E-state index contributed by atoms with van der Waals surface area (Å²) in [5, 5.41) is 9.14. The van der Waals surface area contributed by atoms with E-state index in [0.717, 1.165) is 27.7 Å². The van der Waals surface area contributed by atoms with Crippen molar-refractivity contribution in [2.45, 2.75) is 13.5 Å². The second-order valence-electron chi connectivity index (χ2n) is 6.56. The molecule has 4 nitrogen and oxygen atoms in total. The molecule has 6 heteroatoms. The standard InChI is InChI=1S/C22H17Cl2N3O/c1-14-4-2-5-15(10-14)12-25-22(28)17-6-3-7-21-18(17)13-26-27(21)16-8-9-19(23)20(24)11-16/h2-11,13H,12H2,1H3,(H,25,28). The highest BCUT2D eigenvalue weighted by Crippen LogP contribution is 2.27. The van der Waals surface area contributed by atoms with Gasteiger partial charge in [0.05, 0.1) is 33.0 Å². The summed E-state index contributed by atoms with van der Waals surface area (Å²) in [5.41, 5.74) is 4.41. The average Bonchev–Trinajstić information content (AvgIpc) is 3.12. The Morgan fingerprint density at radius 2 is 1.86 bits per heavy atom. The highest BCUT2D eigenvalue weighted by atomic mass is 35.5. The smallest absolute Gasteiger partial charge is 0.252 e. The quantitative estimate of drug-likeness (QED) is 0.478. The lowest BCUT2D eigenvalue weighted by Gasteiger charge is -2.08. The summed E-state index contributed by atoms with van der Waals surface area (Å²) in [5.74, 6) is -0.138. The number of aryl methyl sites for hydroxylation is 1. The first-order valence-electron chi connectivity index (χ1n) is 8.79. The minimum Gasteiger partial charge on any atom is -0.348 e. The molecule has 1 aromatic heterocycles. The third-order valence-corrected chi connectivity index (χ3v) is 5.28. The monoisotopic (exact) mass is 409 g/mol. The molecule has 1 amide bonds. The van der Waals surface area contributed by atoms with Gasteiger partial charge in [-0.1, -0.05) is 59.1 Å². The van der Waals surface area contributed by atoms with E-state index < -0.39 is 0 Å². The number of rotatable bonds is 4. The van der Waals surface area contributed by atoms with Crippen molar-refractivity contribution in [3.05, 3.63) is 93.6 Å². The number of hydrogen-bond acceptors (Lipinski definition) is 2. The Balaban J connectivity index is 1.64. The van der Waals surface area contributed by atoms with Gasteiger partial charge in [-0.2, -0.15) is 5.10 Å². The van der Waals surface area contributed by atoms with Crippen LogP contribution in [0.2, 0.25) is 10.0 Å². The molecular weight excluding hydrogens is 393 g/mol. The molecule has 0 atom stereocenters. The third kappa shape index (κ3) is 3.61. The highest BCUT2D eigenvalue weighted by Gasteiger charge is 2.14. The van der Waals surface area contributed by atoms with Gasteiger partial charge in [-0.25, -0.2) is 4.68 Å². The largest absolute Gasteiger partial charge is 0.348 e. The van der Waals surface area contributed by atoms with Crippen molar-refractivity contribution in [1.29, 1.82) is 0 Å². The van der Waals surface area contributed by atoms with Gasteiger partial charge in [0.2, 0.25) is 0 Å². The molecule has 0 radical (unpaired) electrons. The number of nitrogens with zero attached hydrogens (tertiary/aromatic N) is 2. The van der Waals surface area contributed by atoms with Gasteiger partial charge in [0.25, 0.3) is 5.91 Å². The second-order valence-corrected chi connectivity index (χ2v) is 7.38. The maximum absolute atomic E-state index is 12.8. The number of nitrogens with one attached hydrogen (secondary N) is 1. The van der Waals surface area contributed by atoms with Crippen LogP contribution in [0, 0.1) is 6.92 Å². The first-order valence-corrected chi connectivity index (χ1v) is 9.54. The number of amides is 1. The van der Waals surface area contributed by atoms with E-state index in [2.05, 4.69) is 16.5 Å². The number of carbonyl (C=O) groups excluding carboxylic acids is 1. The van der Waals surface area contributed by atoms with E-state index in [1.165, 1.54) is 0 Å². The predicted molar refractivity (Wildman–Crippen MR) is 113 cm³/mol. The van der Waals surface area contributed by atoms with E-state index in [4.69, 9.17) is 23.2 Å². The molecule has 0 bridgehead atoms. The zero-order valence-electron chi connectivity index (χ0n) is 15.1. The van der Waals surface area contributed by atoms with Crippen molar-refractivity contribution in [1.82, 2.24) is 15.1 Å². The van der Waals surface area contributed by atoms with E-state index >= 15 is 0 Å². The minimum atomic E-state index is -0.138.